The molecule has 2 aromatic carbocycles. The Hall–Kier alpha value is -1.92. The number of carbonyl (C=O) groups excluding carboxylic acids is 1. The van der Waals surface area contributed by atoms with E-state index in [4.69, 9.17) is 0 Å². The van der Waals surface area contributed by atoms with Crippen LogP contribution in [0.3, 0.4) is 0 Å². The van der Waals surface area contributed by atoms with Crippen molar-refractivity contribution >= 4 is 17.7 Å². The molecule has 1 amide bonds. The number of rotatable bonds is 4. The molecular weight excluding hydrogens is 320 g/mol. The fraction of sp³-hybridized carbons (Fsp3) is 0.235. The second-order valence-corrected chi connectivity index (χ2v) is 6.37. The maximum absolute atomic E-state index is 14.0. The van der Waals surface area contributed by atoms with Gasteiger partial charge in [0.05, 0.1) is 18.4 Å². The monoisotopic (exact) mass is 335 g/mol. The van der Waals surface area contributed by atoms with Crippen molar-refractivity contribution in [3.05, 3.63) is 71.3 Å². The standard InChI is InChI=1S/C17H15F2NO2S/c18-12-6-7-13(14(19)8-12)17-20(16(22)10-23-17)9-15(21)11-4-2-1-3-5-11/h1-8,15,17,21H,9-10H2/t15-,17+/m1/s1. The smallest absolute Gasteiger partial charge is 0.233 e. The Morgan fingerprint density at radius 2 is 1.96 bits per heavy atom. The molecule has 2 aromatic rings. The van der Waals surface area contributed by atoms with E-state index in [-0.39, 0.29) is 23.8 Å². The van der Waals surface area contributed by atoms with Crippen LogP contribution in [0.4, 0.5) is 8.78 Å². The van der Waals surface area contributed by atoms with Crippen molar-refractivity contribution in [2.45, 2.75) is 11.5 Å². The predicted molar refractivity (Wildman–Crippen MR) is 84.7 cm³/mol. The zero-order chi connectivity index (χ0) is 16.4. The first kappa shape index (κ1) is 16.0. The van der Waals surface area contributed by atoms with Crippen molar-refractivity contribution in [1.82, 2.24) is 4.90 Å². The maximum atomic E-state index is 14.0. The Morgan fingerprint density at radius 3 is 2.65 bits per heavy atom. The number of halogens is 2. The molecule has 0 saturated carbocycles. The molecule has 6 heteroatoms. The minimum atomic E-state index is -0.857. The van der Waals surface area contributed by atoms with Gasteiger partial charge in [-0.2, -0.15) is 0 Å². The average molecular weight is 335 g/mol. The van der Waals surface area contributed by atoms with Crippen molar-refractivity contribution in [2.75, 3.05) is 12.3 Å². The van der Waals surface area contributed by atoms with Crippen LogP contribution in [0.5, 0.6) is 0 Å². The summed E-state index contributed by atoms with van der Waals surface area (Å²) in [5.74, 6) is -1.30. The summed E-state index contributed by atoms with van der Waals surface area (Å²) in [7, 11) is 0. The normalized spacial score (nSPS) is 19.2. The minimum absolute atomic E-state index is 0.0668. The number of benzene rings is 2. The third-order valence-electron chi connectivity index (χ3n) is 3.75. The molecule has 0 aromatic heterocycles. The van der Waals surface area contributed by atoms with Crippen LogP contribution in [-0.2, 0) is 4.79 Å². The molecular formula is C17H15F2NO2S. The third-order valence-corrected chi connectivity index (χ3v) is 4.99. The molecule has 0 radical (unpaired) electrons. The molecule has 3 nitrogen and oxygen atoms in total. The van der Waals surface area contributed by atoms with Gasteiger partial charge in [0.2, 0.25) is 5.91 Å². The summed E-state index contributed by atoms with van der Waals surface area (Å²) < 4.78 is 27.1. The SMILES string of the molecule is O=C1CS[C@@H](c2ccc(F)cc2F)N1C[C@@H](O)c1ccccc1. The molecule has 1 saturated heterocycles. The Kier molecular flexibility index (Phi) is 4.63. The van der Waals surface area contributed by atoms with Crippen molar-refractivity contribution in [3.63, 3.8) is 0 Å². The quantitative estimate of drug-likeness (QED) is 0.932. The number of hydrogen-bond donors (Lipinski definition) is 1. The van der Waals surface area contributed by atoms with Crippen LogP contribution in [0.25, 0.3) is 0 Å². The molecule has 3 rings (SSSR count). The number of thioether (sulfide) groups is 1. The van der Waals surface area contributed by atoms with E-state index >= 15 is 0 Å². The van der Waals surface area contributed by atoms with E-state index in [9.17, 15) is 18.7 Å². The highest BCUT2D eigenvalue weighted by Crippen LogP contribution is 2.40. The lowest BCUT2D eigenvalue weighted by Gasteiger charge is -2.27. The number of amides is 1. The molecule has 1 heterocycles. The summed E-state index contributed by atoms with van der Waals surface area (Å²) >= 11 is 1.27. The van der Waals surface area contributed by atoms with Crippen LogP contribution in [-0.4, -0.2) is 28.2 Å². The topological polar surface area (TPSA) is 40.5 Å². The second-order valence-electron chi connectivity index (χ2n) is 5.30. The lowest BCUT2D eigenvalue weighted by atomic mass is 10.1. The molecule has 23 heavy (non-hydrogen) atoms. The van der Waals surface area contributed by atoms with E-state index in [0.717, 1.165) is 6.07 Å². The highest BCUT2D eigenvalue weighted by atomic mass is 32.2. The summed E-state index contributed by atoms with van der Waals surface area (Å²) in [5, 5.41) is 9.77. The van der Waals surface area contributed by atoms with Crippen LogP contribution >= 0.6 is 11.8 Å². The van der Waals surface area contributed by atoms with Gasteiger partial charge >= 0.3 is 0 Å². The van der Waals surface area contributed by atoms with Crippen molar-refractivity contribution < 1.29 is 18.7 Å². The molecule has 0 aliphatic carbocycles. The first-order chi connectivity index (χ1) is 11.1. The Balaban J connectivity index is 1.83. The third kappa shape index (κ3) is 3.38. The largest absolute Gasteiger partial charge is 0.387 e. The summed E-state index contributed by atoms with van der Waals surface area (Å²) in [4.78, 5) is 13.5. The number of β-amino-alcohol motifs (C(OH)–C–C–N with tert-alkyl or cyclic N) is 1. The van der Waals surface area contributed by atoms with Gasteiger partial charge in [-0.15, -0.1) is 11.8 Å². The highest BCUT2D eigenvalue weighted by Gasteiger charge is 2.35. The van der Waals surface area contributed by atoms with Crippen LogP contribution in [0.2, 0.25) is 0 Å². The van der Waals surface area contributed by atoms with Crippen LogP contribution in [0.1, 0.15) is 22.6 Å². The predicted octanol–water partition coefficient (Wildman–Crippen LogP) is 3.27. The van der Waals surface area contributed by atoms with Gasteiger partial charge < -0.3 is 10.0 Å². The number of hydrogen-bond acceptors (Lipinski definition) is 3. The van der Waals surface area contributed by atoms with Gasteiger partial charge in [0.25, 0.3) is 0 Å². The molecule has 0 unspecified atom stereocenters. The molecule has 0 spiro atoms. The Bertz CT molecular complexity index is 711. The van der Waals surface area contributed by atoms with Gasteiger partial charge in [-0.1, -0.05) is 36.4 Å². The fourth-order valence-electron chi connectivity index (χ4n) is 2.58. The first-order valence-electron chi connectivity index (χ1n) is 7.15. The van der Waals surface area contributed by atoms with Crippen LogP contribution < -0.4 is 0 Å². The fourth-order valence-corrected chi connectivity index (χ4v) is 3.80. The van der Waals surface area contributed by atoms with Gasteiger partial charge in [-0.25, -0.2) is 8.78 Å². The minimum Gasteiger partial charge on any atom is -0.387 e. The van der Waals surface area contributed by atoms with E-state index in [1.807, 2.05) is 6.07 Å². The van der Waals surface area contributed by atoms with Gasteiger partial charge in [0.15, 0.2) is 0 Å². The Morgan fingerprint density at radius 1 is 1.22 bits per heavy atom. The summed E-state index contributed by atoms with van der Waals surface area (Å²) in [6.45, 7) is 0.0668. The molecule has 1 N–H and O–H groups in total. The van der Waals surface area contributed by atoms with E-state index in [0.29, 0.717) is 5.56 Å². The first-order valence-corrected chi connectivity index (χ1v) is 8.20. The van der Waals surface area contributed by atoms with Crippen LogP contribution in [0, 0.1) is 11.6 Å². The van der Waals surface area contributed by atoms with E-state index in [1.165, 1.54) is 28.8 Å². The van der Waals surface area contributed by atoms with Crippen LogP contribution in [0.15, 0.2) is 48.5 Å². The van der Waals surface area contributed by atoms with Gasteiger partial charge in [-0.3, -0.25) is 4.79 Å². The number of aliphatic hydroxyl groups is 1. The van der Waals surface area contributed by atoms with E-state index in [2.05, 4.69) is 0 Å². The number of carbonyl (C=O) groups is 1. The lowest BCUT2D eigenvalue weighted by molar-refractivity contribution is -0.129. The zero-order valence-electron chi connectivity index (χ0n) is 12.2. The molecule has 1 aliphatic rings. The van der Waals surface area contributed by atoms with E-state index < -0.39 is 23.1 Å². The van der Waals surface area contributed by atoms with Crippen molar-refractivity contribution in [1.29, 1.82) is 0 Å². The van der Waals surface area contributed by atoms with Gasteiger partial charge in [0.1, 0.15) is 17.0 Å². The summed E-state index contributed by atoms with van der Waals surface area (Å²) in [5.41, 5.74) is 0.943. The maximum Gasteiger partial charge on any atom is 0.233 e. The Labute approximate surface area is 136 Å². The number of nitrogens with zero attached hydrogens (tertiary/aromatic N) is 1. The van der Waals surface area contributed by atoms with Crippen molar-refractivity contribution in [3.8, 4) is 0 Å². The summed E-state index contributed by atoms with van der Waals surface area (Å²) in [6.07, 6.45) is -0.857. The summed E-state index contributed by atoms with van der Waals surface area (Å²) in [6, 6.07) is 12.3. The second kappa shape index (κ2) is 6.68. The lowest BCUT2D eigenvalue weighted by Crippen LogP contribution is -2.32. The molecule has 120 valence electrons. The van der Waals surface area contributed by atoms with Gasteiger partial charge in [0, 0.05) is 11.6 Å². The average Bonchev–Trinajstić information content (AvgIpc) is 2.89. The molecule has 1 fully saturated rings. The van der Waals surface area contributed by atoms with Crippen molar-refractivity contribution in [2.24, 2.45) is 0 Å². The van der Waals surface area contributed by atoms with E-state index in [1.54, 1.807) is 24.3 Å². The molecule has 0 bridgehead atoms. The zero-order valence-corrected chi connectivity index (χ0v) is 13.0. The highest BCUT2D eigenvalue weighted by molar-refractivity contribution is 8.00. The number of aliphatic hydroxyl groups excluding tert-OH is 1. The molecule has 1 aliphatic heterocycles. The van der Waals surface area contributed by atoms with Gasteiger partial charge in [-0.05, 0) is 11.6 Å². The molecule has 2 atom stereocenters.